The van der Waals surface area contributed by atoms with Gasteiger partial charge >= 0.3 is 6.18 Å². The van der Waals surface area contributed by atoms with Crippen LogP contribution in [0.5, 0.6) is 0 Å². The Morgan fingerprint density at radius 2 is 2.00 bits per heavy atom. The summed E-state index contributed by atoms with van der Waals surface area (Å²) in [6.07, 6.45) is -1.11. The lowest BCUT2D eigenvalue weighted by Gasteiger charge is -2.27. The van der Waals surface area contributed by atoms with Crippen LogP contribution in [-0.2, 0) is 9.53 Å². The van der Waals surface area contributed by atoms with Crippen LogP contribution in [0.25, 0.3) is 0 Å². The number of nitrogens with one attached hydrogen (secondary N) is 3. The number of carbonyl (C=O) groups excluding carboxylic acids is 1. The molecule has 1 aromatic rings. The summed E-state index contributed by atoms with van der Waals surface area (Å²) in [5, 5.41) is 6.07. The van der Waals surface area contributed by atoms with Gasteiger partial charge in [-0.1, -0.05) is 0 Å². The van der Waals surface area contributed by atoms with Gasteiger partial charge in [0, 0.05) is 25.2 Å². The molecule has 0 aromatic carbocycles. The Bertz CT molecular complexity index is 921. The van der Waals surface area contributed by atoms with Gasteiger partial charge in [-0.3, -0.25) is 9.78 Å². The molecule has 0 spiro atoms. The molecule has 0 fully saturated rings. The Labute approximate surface area is 168 Å². The first kappa shape index (κ1) is 21.6. The van der Waals surface area contributed by atoms with E-state index < -0.39 is 41.0 Å². The zero-order valence-electron chi connectivity index (χ0n) is 15.9. The topological polar surface area (TPSA) is 78.5 Å². The normalized spacial score (nSPS) is 19.3. The molecule has 2 aliphatic heterocycles. The number of halogens is 5. The average molecular weight is 431 g/mol. The van der Waals surface area contributed by atoms with Crippen molar-refractivity contribution in [2.24, 2.45) is 0 Å². The Morgan fingerprint density at radius 3 is 2.60 bits per heavy atom. The van der Waals surface area contributed by atoms with Crippen LogP contribution >= 0.6 is 0 Å². The first-order valence-electron chi connectivity index (χ1n) is 8.82. The molecule has 3 rings (SSSR count). The number of aromatic nitrogens is 1. The van der Waals surface area contributed by atoms with Gasteiger partial charge in [-0.2, -0.15) is 13.2 Å². The summed E-state index contributed by atoms with van der Waals surface area (Å²) in [6.45, 7) is 1.64. The third-order valence-corrected chi connectivity index (χ3v) is 4.36. The van der Waals surface area contributed by atoms with Crippen LogP contribution in [0.3, 0.4) is 0 Å². The van der Waals surface area contributed by atoms with Gasteiger partial charge in [0.15, 0.2) is 17.5 Å². The van der Waals surface area contributed by atoms with E-state index >= 15 is 0 Å². The van der Waals surface area contributed by atoms with Crippen LogP contribution < -0.4 is 16.1 Å². The van der Waals surface area contributed by atoms with Crippen LogP contribution in [0.4, 0.5) is 27.6 Å². The van der Waals surface area contributed by atoms with Crippen LogP contribution in [-0.4, -0.2) is 48.3 Å². The summed E-state index contributed by atoms with van der Waals surface area (Å²) < 4.78 is 73.3. The molecule has 0 saturated carbocycles. The van der Waals surface area contributed by atoms with Gasteiger partial charge in [-0.15, -0.1) is 0 Å². The van der Waals surface area contributed by atoms with E-state index in [1.807, 2.05) is 0 Å². The first-order valence-corrected chi connectivity index (χ1v) is 8.82. The average Bonchev–Trinajstić information content (AvgIpc) is 3.06. The van der Waals surface area contributed by atoms with Crippen molar-refractivity contribution in [3.63, 3.8) is 0 Å². The number of hydrazine groups is 1. The SMILES string of the molecule is CCOC1=CC(C(F)(F)F)=C(C2=CC(C(=O)Nc3c(F)cncc3F)NN2C)CN1. The fourth-order valence-corrected chi connectivity index (χ4v) is 3.02. The van der Waals surface area contributed by atoms with Crippen LogP contribution in [0.1, 0.15) is 6.92 Å². The maximum absolute atomic E-state index is 13.7. The second kappa shape index (κ2) is 8.30. The van der Waals surface area contributed by atoms with E-state index in [9.17, 15) is 26.7 Å². The number of likely N-dealkylation sites (N-methyl/N-ethyl adjacent to an activating group) is 1. The molecule has 162 valence electrons. The fourth-order valence-electron chi connectivity index (χ4n) is 3.02. The number of amides is 1. The molecule has 7 nitrogen and oxygen atoms in total. The molecule has 30 heavy (non-hydrogen) atoms. The predicted molar refractivity (Wildman–Crippen MR) is 96.3 cm³/mol. The summed E-state index contributed by atoms with van der Waals surface area (Å²) in [4.78, 5) is 15.7. The zero-order valence-corrected chi connectivity index (χ0v) is 15.9. The minimum Gasteiger partial charge on any atom is -0.479 e. The monoisotopic (exact) mass is 431 g/mol. The molecule has 1 amide bonds. The second-order valence-electron chi connectivity index (χ2n) is 6.37. The summed E-state index contributed by atoms with van der Waals surface area (Å²) in [5.41, 5.74) is 1.02. The van der Waals surface area contributed by atoms with E-state index in [-0.39, 0.29) is 30.3 Å². The molecule has 0 aliphatic carbocycles. The number of ether oxygens (including phenoxy) is 1. The molecule has 2 aliphatic rings. The lowest BCUT2D eigenvalue weighted by molar-refractivity contribution is -0.117. The molecule has 3 N–H and O–H groups in total. The van der Waals surface area contributed by atoms with Crippen molar-refractivity contribution in [3.05, 3.63) is 58.9 Å². The van der Waals surface area contributed by atoms with Gasteiger partial charge < -0.3 is 20.4 Å². The van der Waals surface area contributed by atoms with Gasteiger partial charge in [0.1, 0.15) is 11.7 Å². The number of pyridine rings is 1. The van der Waals surface area contributed by atoms with E-state index in [0.717, 1.165) is 18.5 Å². The molecule has 1 aromatic heterocycles. The summed E-state index contributed by atoms with van der Waals surface area (Å²) in [7, 11) is 1.43. The van der Waals surface area contributed by atoms with E-state index in [4.69, 9.17) is 4.74 Å². The number of hydrogen-bond acceptors (Lipinski definition) is 6. The van der Waals surface area contributed by atoms with Crippen molar-refractivity contribution in [2.75, 3.05) is 25.5 Å². The highest BCUT2D eigenvalue weighted by molar-refractivity contribution is 5.96. The minimum absolute atomic E-state index is 0.0132. The molecule has 0 bridgehead atoms. The highest BCUT2D eigenvalue weighted by Gasteiger charge is 2.40. The highest BCUT2D eigenvalue weighted by atomic mass is 19.4. The largest absolute Gasteiger partial charge is 0.479 e. The molecule has 1 atom stereocenters. The third kappa shape index (κ3) is 4.37. The molecule has 1 unspecified atom stereocenters. The van der Waals surface area contributed by atoms with Crippen LogP contribution in [0.2, 0.25) is 0 Å². The van der Waals surface area contributed by atoms with Crippen LogP contribution in [0, 0.1) is 11.6 Å². The number of rotatable bonds is 5. The molecule has 3 heterocycles. The molecule has 12 heteroatoms. The van der Waals surface area contributed by atoms with E-state index in [1.165, 1.54) is 18.1 Å². The molecular formula is C18H18F5N5O2. The number of alkyl halides is 3. The third-order valence-electron chi connectivity index (χ3n) is 4.36. The van der Waals surface area contributed by atoms with Crippen LogP contribution in [0.15, 0.2) is 47.3 Å². The van der Waals surface area contributed by atoms with Gasteiger partial charge in [0.2, 0.25) is 5.91 Å². The molecule has 0 saturated heterocycles. The lowest BCUT2D eigenvalue weighted by atomic mass is 10.0. The number of dihydropyridines is 1. The number of anilines is 1. The minimum atomic E-state index is -4.66. The van der Waals surface area contributed by atoms with Crippen molar-refractivity contribution < 1.29 is 31.5 Å². The van der Waals surface area contributed by atoms with Crippen molar-refractivity contribution >= 4 is 11.6 Å². The highest BCUT2D eigenvalue weighted by Crippen LogP contribution is 2.36. The number of carbonyl (C=O) groups is 1. The maximum Gasteiger partial charge on any atom is 0.417 e. The van der Waals surface area contributed by atoms with Crippen molar-refractivity contribution in [1.82, 2.24) is 20.7 Å². The number of hydrogen-bond donors (Lipinski definition) is 3. The number of nitrogens with zero attached hydrogens (tertiary/aromatic N) is 2. The van der Waals surface area contributed by atoms with Crippen molar-refractivity contribution in [1.29, 1.82) is 0 Å². The standard InChI is InChI=1S/C18H18F5N5O2/c1-3-30-15-4-10(18(21,22)23)9(6-25-15)14-5-13(27-28(14)2)17(29)26-16-11(19)7-24-8-12(16)20/h4-5,7-8,13,25,27H,3,6H2,1-2H3,(H,24,26,29). The van der Waals surface area contributed by atoms with Gasteiger partial charge in [0.25, 0.3) is 0 Å². The molecule has 0 radical (unpaired) electrons. The maximum atomic E-state index is 13.7. The number of allylic oxidation sites excluding steroid dienone is 2. The Hall–Kier alpha value is -3.15. The van der Waals surface area contributed by atoms with E-state index in [0.29, 0.717) is 0 Å². The smallest absolute Gasteiger partial charge is 0.417 e. The first-order chi connectivity index (χ1) is 14.1. The molecular weight excluding hydrogens is 413 g/mol. The quantitative estimate of drug-likeness (QED) is 0.622. The second-order valence-corrected chi connectivity index (χ2v) is 6.37. The predicted octanol–water partition coefficient (Wildman–Crippen LogP) is 2.34. The Balaban J connectivity index is 1.90. The Kier molecular flexibility index (Phi) is 5.97. The van der Waals surface area contributed by atoms with Crippen molar-refractivity contribution in [2.45, 2.75) is 19.1 Å². The summed E-state index contributed by atoms with van der Waals surface area (Å²) in [5.74, 6) is -3.03. The van der Waals surface area contributed by atoms with E-state index in [2.05, 4.69) is 21.0 Å². The Morgan fingerprint density at radius 1 is 1.33 bits per heavy atom. The van der Waals surface area contributed by atoms with Gasteiger partial charge in [0.05, 0.1) is 30.3 Å². The van der Waals surface area contributed by atoms with Crippen molar-refractivity contribution in [3.8, 4) is 0 Å². The van der Waals surface area contributed by atoms with E-state index in [1.54, 1.807) is 6.92 Å². The summed E-state index contributed by atoms with van der Waals surface area (Å²) >= 11 is 0. The lowest BCUT2D eigenvalue weighted by Crippen LogP contribution is -2.42. The zero-order chi connectivity index (χ0) is 22.1. The van der Waals surface area contributed by atoms with Gasteiger partial charge in [-0.05, 0) is 13.0 Å². The van der Waals surface area contributed by atoms with Gasteiger partial charge in [-0.25, -0.2) is 14.2 Å². The fraction of sp³-hybridized carbons (Fsp3) is 0.333. The summed E-state index contributed by atoms with van der Waals surface area (Å²) in [6, 6.07) is -1.16.